The summed E-state index contributed by atoms with van der Waals surface area (Å²) in [5.41, 5.74) is 0.927. The largest absolute Gasteiger partial charge is 0.444 e. The van der Waals surface area contributed by atoms with Crippen LogP contribution in [0.25, 0.3) is 0 Å². The Morgan fingerprint density at radius 1 is 1.19 bits per heavy atom. The Kier molecular flexibility index (Phi) is 6.20. The molecule has 3 rings (SSSR count). The second-order valence-electron chi connectivity index (χ2n) is 8.56. The first-order valence-corrected chi connectivity index (χ1v) is 9.75. The van der Waals surface area contributed by atoms with Gasteiger partial charge in [-0.3, -0.25) is 4.90 Å². The molecule has 1 aromatic carbocycles. The Balaban J connectivity index is 1.48. The highest BCUT2D eigenvalue weighted by Crippen LogP contribution is 2.34. The van der Waals surface area contributed by atoms with Crippen molar-refractivity contribution in [2.24, 2.45) is 5.92 Å². The van der Waals surface area contributed by atoms with Gasteiger partial charge in [-0.15, -0.1) is 0 Å². The summed E-state index contributed by atoms with van der Waals surface area (Å²) in [6, 6.07) is 11.6. The van der Waals surface area contributed by atoms with Crippen LogP contribution in [0.1, 0.15) is 45.6 Å². The number of piperidine rings is 1. The number of morpholine rings is 1. The molecule has 0 aromatic heterocycles. The average molecular weight is 360 g/mol. The SMILES string of the molecule is CC(C)(C)OC(=O)NCCC1CC2COCC(C1)N2Cc1ccccc1. The third-order valence-corrected chi connectivity index (χ3v) is 5.20. The minimum Gasteiger partial charge on any atom is -0.444 e. The third-order valence-electron chi connectivity index (χ3n) is 5.20. The Hall–Kier alpha value is -1.59. The lowest BCUT2D eigenvalue weighted by Crippen LogP contribution is -2.56. The van der Waals surface area contributed by atoms with Crippen molar-refractivity contribution in [2.75, 3.05) is 19.8 Å². The van der Waals surface area contributed by atoms with Crippen molar-refractivity contribution in [1.82, 2.24) is 10.2 Å². The highest BCUT2D eigenvalue weighted by atomic mass is 16.6. The fourth-order valence-corrected chi connectivity index (χ4v) is 4.08. The molecule has 1 N–H and O–H groups in total. The molecule has 0 spiro atoms. The summed E-state index contributed by atoms with van der Waals surface area (Å²) in [7, 11) is 0. The van der Waals surface area contributed by atoms with Crippen molar-refractivity contribution in [3.05, 3.63) is 35.9 Å². The lowest BCUT2D eigenvalue weighted by Gasteiger charge is -2.48. The van der Waals surface area contributed by atoms with E-state index >= 15 is 0 Å². The van der Waals surface area contributed by atoms with Gasteiger partial charge in [0, 0.05) is 25.2 Å². The standard InChI is InChI=1S/C21H32N2O3/c1-21(2,3)26-20(24)22-10-9-17-11-18-14-25-15-19(12-17)23(18)13-16-7-5-4-6-8-16/h4-8,17-19H,9-15H2,1-3H3,(H,22,24). The summed E-state index contributed by atoms with van der Waals surface area (Å²) in [5.74, 6) is 0.635. The van der Waals surface area contributed by atoms with E-state index in [0.717, 1.165) is 39.0 Å². The lowest BCUT2D eigenvalue weighted by atomic mass is 9.83. The first-order valence-electron chi connectivity index (χ1n) is 9.75. The Morgan fingerprint density at radius 2 is 1.85 bits per heavy atom. The van der Waals surface area contributed by atoms with Crippen LogP contribution in [0.5, 0.6) is 0 Å². The van der Waals surface area contributed by atoms with Gasteiger partial charge in [0.25, 0.3) is 0 Å². The smallest absolute Gasteiger partial charge is 0.407 e. The fourth-order valence-electron chi connectivity index (χ4n) is 4.08. The molecule has 2 saturated heterocycles. The van der Waals surface area contributed by atoms with E-state index in [-0.39, 0.29) is 6.09 Å². The molecule has 2 aliphatic rings. The fraction of sp³-hybridized carbons (Fsp3) is 0.667. The molecule has 5 heteroatoms. The topological polar surface area (TPSA) is 50.8 Å². The van der Waals surface area contributed by atoms with E-state index in [4.69, 9.17) is 9.47 Å². The van der Waals surface area contributed by atoms with E-state index in [0.29, 0.717) is 24.5 Å². The molecule has 2 bridgehead atoms. The van der Waals surface area contributed by atoms with Crippen molar-refractivity contribution >= 4 is 6.09 Å². The monoisotopic (exact) mass is 360 g/mol. The highest BCUT2D eigenvalue weighted by molar-refractivity contribution is 5.67. The van der Waals surface area contributed by atoms with Gasteiger partial charge in [0.15, 0.2) is 0 Å². The molecule has 0 saturated carbocycles. The summed E-state index contributed by atoms with van der Waals surface area (Å²) >= 11 is 0. The van der Waals surface area contributed by atoms with Crippen molar-refractivity contribution < 1.29 is 14.3 Å². The summed E-state index contributed by atoms with van der Waals surface area (Å²) in [4.78, 5) is 14.4. The average Bonchev–Trinajstić information content (AvgIpc) is 2.54. The molecule has 2 atom stereocenters. The van der Waals surface area contributed by atoms with Gasteiger partial charge in [-0.2, -0.15) is 0 Å². The van der Waals surface area contributed by atoms with Crippen LogP contribution in [0.3, 0.4) is 0 Å². The maximum Gasteiger partial charge on any atom is 0.407 e. The number of carbonyl (C=O) groups excluding carboxylic acids is 1. The number of nitrogens with one attached hydrogen (secondary N) is 1. The molecule has 2 heterocycles. The van der Waals surface area contributed by atoms with Gasteiger partial charge < -0.3 is 14.8 Å². The quantitative estimate of drug-likeness (QED) is 0.872. The zero-order chi connectivity index (χ0) is 18.6. The molecule has 1 amide bonds. The van der Waals surface area contributed by atoms with E-state index in [2.05, 4.69) is 40.5 Å². The number of nitrogens with zero attached hydrogens (tertiary/aromatic N) is 1. The van der Waals surface area contributed by atoms with Crippen molar-refractivity contribution in [1.29, 1.82) is 0 Å². The molecular weight excluding hydrogens is 328 g/mol. The minimum absolute atomic E-state index is 0.317. The normalized spacial score (nSPS) is 26.3. The van der Waals surface area contributed by atoms with Gasteiger partial charge in [0.2, 0.25) is 0 Å². The van der Waals surface area contributed by atoms with E-state index < -0.39 is 5.60 Å². The lowest BCUT2D eigenvalue weighted by molar-refractivity contribution is -0.0925. The maximum atomic E-state index is 11.8. The summed E-state index contributed by atoms with van der Waals surface area (Å²) in [5, 5.41) is 2.90. The Labute approximate surface area is 157 Å². The van der Waals surface area contributed by atoms with E-state index in [9.17, 15) is 4.79 Å². The first-order chi connectivity index (χ1) is 12.4. The van der Waals surface area contributed by atoms with Crippen LogP contribution >= 0.6 is 0 Å². The number of ether oxygens (including phenoxy) is 2. The second-order valence-corrected chi connectivity index (χ2v) is 8.56. The van der Waals surface area contributed by atoms with Gasteiger partial charge in [0.1, 0.15) is 5.60 Å². The van der Waals surface area contributed by atoms with Gasteiger partial charge in [-0.1, -0.05) is 30.3 Å². The number of alkyl carbamates (subject to hydrolysis) is 1. The molecule has 5 nitrogen and oxygen atoms in total. The van der Waals surface area contributed by atoms with Crippen LogP contribution in [-0.4, -0.2) is 48.4 Å². The van der Waals surface area contributed by atoms with Crippen molar-refractivity contribution in [3.8, 4) is 0 Å². The van der Waals surface area contributed by atoms with Crippen LogP contribution < -0.4 is 5.32 Å². The number of hydrogen-bond acceptors (Lipinski definition) is 4. The molecule has 2 aliphatic heterocycles. The number of benzene rings is 1. The number of amides is 1. The molecule has 2 fully saturated rings. The van der Waals surface area contributed by atoms with E-state index in [1.807, 2.05) is 20.8 Å². The van der Waals surface area contributed by atoms with Gasteiger partial charge in [-0.05, 0) is 51.5 Å². The van der Waals surface area contributed by atoms with Gasteiger partial charge in [-0.25, -0.2) is 4.79 Å². The molecule has 26 heavy (non-hydrogen) atoms. The Bertz CT molecular complexity index is 571. The predicted molar refractivity (Wildman–Crippen MR) is 102 cm³/mol. The summed E-state index contributed by atoms with van der Waals surface area (Å²) in [6.07, 6.45) is 2.96. The maximum absolute atomic E-state index is 11.8. The van der Waals surface area contributed by atoms with E-state index in [1.165, 1.54) is 5.56 Å². The zero-order valence-corrected chi connectivity index (χ0v) is 16.2. The number of carbonyl (C=O) groups is 1. The number of hydrogen-bond donors (Lipinski definition) is 1. The Morgan fingerprint density at radius 3 is 2.46 bits per heavy atom. The molecule has 0 radical (unpaired) electrons. The second kappa shape index (κ2) is 8.40. The molecular formula is C21H32N2O3. The molecule has 0 aliphatic carbocycles. The van der Waals surface area contributed by atoms with Crippen LogP contribution in [-0.2, 0) is 16.0 Å². The third kappa shape index (κ3) is 5.45. The summed E-state index contributed by atoms with van der Waals surface area (Å²) in [6.45, 7) is 8.97. The number of fused-ring (bicyclic) bond motifs is 2. The van der Waals surface area contributed by atoms with Crippen molar-refractivity contribution in [3.63, 3.8) is 0 Å². The molecule has 144 valence electrons. The van der Waals surface area contributed by atoms with Crippen LogP contribution in [0.2, 0.25) is 0 Å². The summed E-state index contributed by atoms with van der Waals surface area (Å²) < 4.78 is 11.1. The predicted octanol–water partition coefficient (Wildman–Crippen LogP) is 3.58. The molecule has 2 unspecified atom stereocenters. The highest BCUT2D eigenvalue weighted by Gasteiger charge is 2.38. The van der Waals surface area contributed by atoms with Gasteiger partial charge >= 0.3 is 6.09 Å². The van der Waals surface area contributed by atoms with E-state index in [1.54, 1.807) is 0 Å². The zero-order valence-electron chi connectivity index (χ0n) is 16.2. The van der Waals surface area contributed by atoms with Crippen molar-refractivity contribution in [2.45, 2.75) is 64.3 Å². The van der Waals surface area contributed by atoms with Crippen LogP contribution in [0.15, 0.2) is 30.3 Å². The number of rotatable bonds is 5. The van der Waals surface area contributed by atoms with Crippen LogP contribution in [0.4, 0.5) is 4.79 Å². The van der Waals surface area contributed by atoms with Gasteiger partial charge in [0.05, 0.1) is 13.2 Å². The van der Waals surface area contributed by atoms with Crippen LogP contribution in [0, 0.1) is 5.92 Å². The minimum atomic E-state index is -0.443. The molecule has 1 aromatic rings. The first kappa shape index (κ1) is 19.2.